The normalized spacial score (nSPS) is 32.2. The minimum Gasteiger partial charge on any atom is -0.486 e. The monoisotopic (exact) mass is 527 g/mol. The van der Waals surface area contributed by atoms with Crippen LogP contribution in [0.15, 0.2) is 23.2 Å². The van der Waals surface area contributed by atoms with Crippen molar-refractivity contribution >= 4 is 29.6 Å². The lowest BCUT2D eigenvalue weighted by Gasteiger charge is -2.44. The van der Waals surface area contributed by atoms with Crippen LogP contribution in [0.5, 0.6) is 5.75 Å². The topological polar surface area (TPSA) is 208 Å². The number of fused-ring (bicyclic) bond motifs is 1. The zero-order chi connectivity index (χ0) is 27.2. The van der Waals surface area contributed by atoms with E-state index in [1.54, 1.807) is 12.1 Å². The van der Waals surface area contributed by atoms with E-state index in [1.165, 1.54) is 4.58 Å². The number of nitrogens with one attached hydrogen (secondary N) is 3. The second-order valence-electron chi connectivity index (χ2n) is 11.1. The second kappa shape index (κ2) is 7.80. The molecule has 2 fully saturated rings. The van der Waals surface area contributed by atoms with E-state index < -0.39 is 41.1 Å². The van der Waals surface area contributed by atoms with Gasteiger partial charge in [-0.1, -0.05) is 12.1 Å². The van der Waals surface area contributed by atoms with Gasteiger partial charge in [0.05, 0.1) is 18.7 Å². The maximum atomic E-state index is 13.4. The molecule has 1 aromatic rings. The number of nitrogens with two attached hydrogens (primary N) is 2. The third-order valence-corrected chi connectivity index (χ3v) is 8.04. The molecule has 5 heterocycles. The molecule has 14 heteroatoms. The summed E-state index contributed by atoms with van der Waals surface area (Å²) in [6.45, 7) is 3.67. The lowest BCUT2D eigenvalue weighted by molar-refractivity contribution is -0.623. The summed E-state index contributed by atoms with van der Waals surface area (Å²) in [5.74, 6) is -3.39. The number of nitrogens with zero attached hydrogens (tertiary/aromatic N) is 3. The van der Waals surface area contributed by atoms with Crippen molar-refractivity contribution < 1.29 is 33.9 Å². The third-order valence-electron chi connectivity index (χ3n) is 8.04. The fourth-order valence-corrected chi connectivity index (χ4v) is 6.36. The summed E-state index contributed by atoms with van der Waals surface area (Å²) in [5, 5.41) is 31.9. The molecule has 0 bridgehead atoms. The van der Waals surface area contributed by atoms with Crippen LogP contribution in [0.1, 0.15) is 42.6 Å². The Bertz CT molecular complexity index is 1320. The Balaban J connectivity index is 1.31. The summed E-state index contributed by atoms with van der Waals surface area (Å²) >= 11 is 0. The highest BCUT2D eigenvalue weighted by molar-refractivity contribution is 6.02. The van der Waals surface area contributed by atoms with Gasteiger partial charge >= 0.3 is 5.96 Å². The Morgan fingerprint density at radius 1 is 1.26 bits per heavy atom. The molecule has 6 rings (SSSR count). The molecule has 0 radical (unpaired) electrons. The van der Waals surface area contributed by atoms with E-state index in [0.29, 0.717) is 12.2 Å². The van der Waals surface area contributed by atoms with E-state index in [0.717, 1.165) is 10.5 Å². The fraction of sp³-hybridized carbons (Fsp3) is 0.542. The minimum absolute atomic E-state index is 0.0534. The summed E-state index contributed by atoms with van der Waals surface area (Å²) in [4.78, 5) is 43.5. The molecule has 2 saturated heterocycles. The lowest BCUT2D eigenvalue weighted by Crippen LogP contribution is -2.79. The van der Waals surface area contributed by atoms with Crippen molar-refractivity contribution in [2.24, 2.45) is 16.5 Å². The first-order valence-corrected chi connectivity index (χ1v) is 12.5. The molecule has 1 aromatic carbocycles. The summed E-state index contributed by atoms with van der Waals surface area (Å²) < 4.78 is 7.48. The first kappa shape index (κ1) is 24.4. The molecule has 14 nitrogen and oxygen atoms in total. The quantitative estimate of drug-likeness (QED) is 0.117. The Labute approximate surface area is 217 Å². The van der Waals surface area contributed by atoms with Crippen LogP contribution < -0.4 is 32.2 Å². The van der Waals surface area contributed by atoms with E-state index in [4.69, 9.17) is 16.2 Å². The number of benzene rings is 1. The van der Waals surface area contributed by atoms with Gasteiger partial charge < -0.3 is 31.3 Å². The van der Waals surface area contributed by atoms with Crippen LogP contribution in [-0.2, 0) is 16.0 Å². The highest BCUT2D eigenvalue weighted by Gasteiger charge is 2.75. The van der Waals surface area contributed by atoms with Crippen molar-refractivity contribution in [3.8, 4) is 5.75 Å². The first-order valence-electron chi connectivity index (χ1n) is 12.5. The SMILES string of the molecule is CC1(C)Cc2cccc(C(=O)NC3C[N+]4=C(N)N[C@@H](CN5C(=O)CCC5=O)[C@@H]5N=C(N)N[C@@]54C3(O)O)c2O1. The molecule has 9 N–H and O–H groups in total. The van der Waals surface area contributed by atoms with E-state index in [-0.39, 0.29) is 55.2 Å². The lowest BCUT2D eigenvalue weighted by atomic mass is 9.85. The van der Waals surface area contributed by atoms with Gasteiger partial charge in [-0.3, -0.25) is 30.3 Å². The van der Waals surface area contributed by atoms with Gasteiger partial charge in [0.2, 0.25) is 23.3 Å². The van der Waals surface area contributed by atoms with Gasteiger partial charge in [0.1, 0.15) is 29.5 Å². The van der Waals surface area contributed by atoms with Gasteiger partial charge in [-0.15, -0.1) is 0 Å². The van der Waals surface area contributed by atoms with E-state index in [9.17, 15) is 24.6 Å². The molecule has 1 spiro atoms. The summed E-state index contributed by atoms with van der Waals surface area (Å²) in [6, 6.07) is 2.29. The number of likely N-dealkylation sites (tertiary alicyclic amines) is 1. The molecule has 0 aromatic heterocycles. The van der Waals surface area contributed by atoms with Crippen LogP contribution in [0.2, 0.25) is 0 Å². The summed E-state index contributed by atoms with van der Waals surface area (Å²) in [5.41, 5.74) is 11.3. The molecular formula is C24H31N8O6+. The molecule has 1 unspecified atom stereocenters. The Morgan fingerprint density at radius 3 is 2.68 bits per heavy atom. The van der Waals surface area contributed by atoms with E-state index >= 15 is 0 Å². The van der Waals surface area contributed by atoms with Gasteiger partial charge in [-0.25, -0.2) is 9.57 Å². The highest BCUT2D eigenvalue weighted by Crippen LogP contribution is 2.42. The van der Waals surface area contributed by atoms with Crippen LogP contribution in [0.3, 0.4) is 0 Å². The number of hydrogen-bond donors (Lipinski definition) is 7. The van der Waals surface area contributed by atoms with Crippen LogP contribution in [-0.4, -0.2) is 97.6 Å². The van der Waals surface area contributed by atoms with Crippen LogP contribution in [0.25, 0.3) is 0 Å². The number of hydrogen-bond acceptors (Lipinski definition) is 11. The number of aliphatic imine (C=N–C) groups is 1. The van der Waals surface area contributed by atoms with Gasteiger partial charge in [0.25, 0.3) is 5.91 Å². The number of carbonyl (C=O) groups is 3. The first-order chi connectivity index (χ1) is 17.8. The van der Waals surface area contributed by atoms with Gasteiger partial charge in [0.15, 0.2) is 5.96 Å². The zero-order valence-electron chi connectivity index (χ0n) is 21.0. The van der Waals surface area contributed by atoms with Gasteiger partial charge in [-0.05, 0) is 25.5 Å². The van der Waals surface area contributed by atoms with Crippen LogP contribution in [0.4, 0.5) is 0 Å². The molecule has 0 saturated carbocycles. The molecule has 4 atom stereocenters. The standard InChI is InChI=1S/C24H30N8O6/c1-22(2)8-11-4-3-5-12(17(11)38-22)19(35)28-14-10-32-21(26)27-13(9-31-15(33)6-7-16(31)34)18-23(32,24(14,36)37)30-20(25)29-18/h3-5,13-14,18,36-37H,6-10H2,1-2H3,(H6,25,26,27,28,29,30,35)/p+1/t13-,14?,18-,23-/m0/s1. The molecule has 3 amide bonds. The number of aliphatic hydroxyl groups is 2. The highest BCUT2D eigenvalue weighted by atomic mass is 16.5. The number of amides is 3. The largest absolute Gasteiger partial charge is 0.486 e. The maximum absolute atomic E-state index is 13.4. The average molecular weight is 528 g/mol. The number of ether oxygens (including phenoxy) is 1. The summed E-state index contributed by atoms with van der Waals surface area (Å²) in [6.07, 6.45) is 0.855. The van der Waals surface area contributed by atoms with Crippen molar-refractivity contribution in [1.29, 1.82) is 0 Å². The fourth-order valence-electron chi connectivity index (χ4n) is 6.36. The number of rotatable bonds is 4. The predicted molar refractivity (Wildman–Crippen MR) is 132 cm³/mol. The Kier molecular flexibility index (Phi) is 5.01. The molecule has 38 heavy (non-hydrogen) atoms. The van der Waals surface area contributed by atoms with Crippen molar-refractivity contribution in [3.63, 3.8) is 0 Å². The number of carbonyl (C=O) groups excluding carboxylic acids is 3. The van der Waals surface area contributed by atoms with Gasteiger partial charge in [-0.2, -0.15) is 0 Å². The molecule has 5 aliphatic rings. The van der Waals surface area contributed by atoms with Crippen LogP contribution >= 0.6 is 0 Å². The number of para-hydroxylation sites is 1. The van der Waals surface area contributed by atoms with Crippen molar-refractivity contribution in [3.05, 3.63) is 29.3 Å². The molecule has 0 aliphatic carbocycles. The Morgan fingerprint density at radius 2 is 1.97 bits per heavy atom. The van der Waals surface area contributed by atoms with E-state index in [2.05, 4.69) is 20.9 Å². The van der Waals surface area contributed by atoms with Gasteiger partial charge in [0, 0.05) is 19.3 Å². The van der Waals surface area contributed by atoms with Crippen molar-refractivity contribution in [2.45, 2.75) is 68.3 Å². The zero-order valence-corrected chi connectivity index (χ0v) is 21.0. The van der Waals surface area contributed by atoms with Crippen LogP contribution in [0, 0.1) is 0 Å². The maximum Gasteiger partial charge on any atom is 0.346 e. The van der Waals surface area contributed by atoms with Crippen molar-refractivity contribution in [1.82, 2.24) is 20.9 Å². The summed E-state index contributed by atoms with van der Waals surface area (Å²) in [7, 11) is 0. The minimum atomic E-state index is -2.62. The molecule has 202 valence electrons. The Hall–Kier alpha value is -3.91. The predicted octanol–water partition coefficient (Wildman–Crippen LogP) is -3.38. The molecule has 5 aliphatic heterocycles. The number of imide groups is 1. The third kappa shape index (κ3) is 3.29. The number of guanidine groups is 2. The van der Waals surface area contributed by atoms with E-state index in [1.807, 2.05) is 19.9 Å². The smallest absolute Gasteiger partial charge is 0.346 e. The second-order valence-corrected chi connectivity index (χ2v) is 11.1. The molecular weight excluding hydrogens is 496 g/mol. The van der Waals surface area contributed by atoms with Crippen molar-refractivity contribution in [2.75, 3.05) is 13.1 Å². The average Bonchev–Trinajstić information content (AvgIpc) is 3.52.